The molecule has 174 valence electrons. The fourth-order valence-corrected chi connectivity index (χ4v) is 5.49. The third kappa shape index (κ3) is 4.58. The topological polar surface area (TPSA) is 87.6 Å². The number of halogens is 3. The highest BCUT2D eigenvalue weighted by Gasteiger charge is 2.33. The summed E-state index contributed by atoms with van der Waals surface area (Å²) in [6.07, 6.45) is -1.05. The van der Waals surface area contributed by atoms with Gasteiger partial charge >= 0.3 is 5.97 Å². The van der Waals surface area contributed by atoms with Crippen LogP contribution in [-0.2, 0) is 21.2 Å². The van der Waals surface area contributed by atoms with Crippen LogP contribution in [0, 0.1) is 18.6 Å². The highest BCUT2D eigenvalue weighted by molar-refractivity contribution is 7.89. The number of sulfonamides is 1. The summed E-state index contributed by atoms with van der Waals surface area (Å²) in [5.41, 5.74) is 1.36. The van der Waals surface area contributed by atoms with E-state index >= 15 is 8.78 Å². The van der Waals surface area contributed by atoms with E-state index in [0.29, 0.717) is 16.6 Å². The molecule has 1 N–H and O–H groups in total. The smallest absolute Gasteiger partial charge is 0.303 e. The predicted molar refractivity (Wildman–Crippen MR) is 116 cm³/mol. The second-order valence-electron chi connectivity index (χ2n) is 8.08. The molecular weight excluding hydrogens is 457 g/mol. The summed E-state index contributed by atoms with van der Waals surface area (Å²) in [5.74, 6) is -3.14. The molecule has 0 bridgehead atoms. The zero-order chi connectivity index (χ0) is 23.9. The van der Waals surface area contributed by atoms with Crippen molar-refractivity contribution in [3.8, 4) is 11.3 Å². The number of hydrogen-bond donors (Lipinski definition) is 1. The number of nitrogens with zero attached hydrogens (tertiary/aromatic N) is 2. The molecule has 33 heavy (non-hydrogen) atoms. The molecule has 0 radical (unpaired) electrons. The fraction of sp³-hybridized carbons (Fsp3) is 0.304. The number of alkyl halides is 1. The van der Waals surface area contributed by atoms with Gasteiger partial charge in [-0.3, -0.25) is 4.79 Å². The van der Waals surface area contributed by atoms with Crippen LogP contribution >= 0.6 is 0 Å². The standard InChI is InChI=1S/C23H21F3N2O4S/c1-13-8-21(27-20-9-14(2-4-17(13)20)3-5-22(29)30)23-18(25)10-16(11-19(23)26)33(31,32)28-7-6-15(24)12-28/h2,4,8-11,15H,3,5-7,12H2,1H3,(H,29,30)/t15-/m0/s1. The van der Waals surface area contributed by atoms with Crippen molar-refractivity contribution in [2.24, 2.45) is 0 Å². The van der Waals surface area contributed by atoms with Crippen LogP contribution in [0.1, 0.15) is 24.0 Å². The molecule has 3 aromatic rings. The summed E-state index contributed by atoms with van der Waals surface area (Å²) in [7, 11) is -4.23. The van der Waals surface area contributed by atoms with E-state index in [1.165, 1.54) is 6.07 Å². The van der Waals surface area contributed by atoms with Crippen LogP contribution in [0.2, 0.25) is 0 Å². The number of fused-ring (bicyclic) bond motifs is 1. The lowest BCUT2D eigenvalue weighted by Gasteiger charge is -2.16. The molecule has 1 aliphatic rings. The van der Waals surface area contributed by atoms with Crippen molar-refractivity contribution in [2.75, 3.05) is 13.1 Å². The van der Waals surface area contributed by atoms with E-state index in [0.717, 1.165) is 21.8 Å². The highest BCUT2D eigenvalue weighted by atomic mass is 32.2. The number of rotatable bonds is 6. The number of aliphatic carboxylic acids is 1. The van der Waals surface area contributed by atoms with Crippen LogP contribution in [0.3, 0.4) is 0 Å². The molecule has 6 nitrogen and oxygen atoms in total. The first kappa shape index (κ1) is 23.2. The molecule has 1 fully saturated rings. The first-order chi connectivity index (χ1) is 15.6. The van der Waals surface area contributed by atoms with Gasteiger partial charge in [0.05, 0.1) is 21.7 Å². The molecule has 10 heteroatoms. The normalized spacial score (nSPS) is 17.0. The van der Waals surface area contributed by atoms with Gasteiger partial charge in [-0.05, 0) is 55.2 Å². The van der Waals surface area contributed by atoms with Gasteiger partial charge in [0.15, 0.2) is 0 Å². The minimum absolute atomic E-state index is 0.0145. The second-order valence-corrected chi connectivity index (χ2v) is 10.0. The van der Waals surface area contributed by atoms with E-state index in [4.69, 9.17) is 5.11 Å². The van der Waals surface area contributed by atoms with E-state index in [2.05, 4.69) is 4.98 Å². The van der Waals surface area contributed by atoms with Gasteiger partial charge < -0.3 is 5.11 Å². The van der Waals surface area contributed by atoms with Gasteiger partial charge in [0, 0.05) is 24.9 Å². The van der Waals surface area contributed by atoms with Crippen molar-refractivity contribution in [3.05, 3.63) is 59.2 Å². The molecule has 0 unspecified atom stereocenters. The summed E-state index contributed by atoms with van der Waals surface area (Å²) in [6, 6.07) is 8.18. The summed E-state index contributed by atoms with van der Waals surface area (Å²) >= 11 is 0. The van der Waals surface area contributed by atoms with Gasteiger partial charge in [0.2, 0.25) is 10.0 Å². The van der Waals surface area contributed by atoms with E-state index in [1.54, 1.807) is 25.1 Å². The Balaban J connectivity index is 1.75. The number of carbonyl (C=O) groups is 1. The van der Waals surface area contributed by atoms with Crippen LogP contribution in [0.5, 0.6) is 0 Å². The van der Waals surface area contributed by atoms with E-state index < -0.39 is 44.3 Å². The molecule has 1 aliphatic heterocycles. The molecule has 1 aromatic heterocycles. The molecule has 0 amide bonds. The van der Waals surface area contributed by atoms with Gasteiger partial charge in [0.25, 0.3) is 0 Å². The number of carboxylic acid groups (broad SMARTS) is 1. The molecule has 4 rings (SSSR count). The van der Waals surface area contributed by atoms with Crippen LogP contribution in [-0.4, -0.2) is 48.0 Å². The second kappa shape index (κ2) is 8.75. The lowest BCUT2D eigenvalue weighted by Crippen LogP contribution is -2.29. The van der Waals surface area contributed by atoms with Crippen LogP contribution < -0.4 is 0 Å². The van der Waals surface area contributed by atoms with E-state index in [9.17, 15) is 17.6 Å². The number of aromatic nitrogens is 1. The van der Waals surface area contributed by atoms with Crippen molar-refractivity contribution in [1.29, 1.82) is 0 Å². The van der Waals surface area contributed by atoms with Crippen molar-refractivity contribution >= 4 is 26.9 Å². The van der Waals surface area contributed by atoms with Crippen molar-refractivity contribution in [3.63, 3.8) is 0 Å². The quantitative estimate of drug-likeness (QED) is 0.573. The van der Waals surface area contributed by atoms with Crippen molar-refractivity contribution in [2.45, 2.75) is 37.3 Å². The molecule has 1 saturated heterocycles. The number of carboxylic acids is 1. The SMILES string of the molecule is Cc1cc(-c2c(F)cc(S(=O)(=O)N3CC[C@H](F)C3)cc2F)nc2cc(CCC(=O)O)ccc12. The summed E-state index contributed by atoms with van der Waals surface area (Å²) in [6.45, 7) is 1.35. The number of pyridine rings is 1. The average Bonchev–Trinajstić information content (AvgIpc) is 3.18. The van der Waals surface area contributed by atoms with Crippen LogP contribution in [0.4, 0.5) is 13.2 Å². The predicted octanol–water partition coefficient (Wildman–Crippen LogP) is 4.24. The third-order valence-corrected chi connectivity index (χ3v) is 7.55. The van der Waals surface area contributed by atoms with Crippen molar-refractivity contribution in [1.82, 2.24) is 9.29 Å². The molecular formula is C23H21F3N2O4S. The van der Waals surface area contributed by atoms with Gasteiger partial charge in [-0.2, -0.15) is 4.31 Å². The van der Waals surface area contributed by atoms with Gasteiger partial charge in [-0.1, -0.05) is 12.1 Å². The zero-order valence-corrected chi connectivity index (χ0v) is 18.5. The maximum atomic E-state index is 15.0. The number of hydrogen-bond acceptors (Lipinski definition) is 4. The van der Waals surface area contributed by atoms with Gasteiger partial charge in [-0.25, -0.2) is 26.6 Å². The monoisotopic (exact) mass is 478 g/mol. The van der Waals surface area contributed by atoms with Crippen molar-refractivity contribution < 1.29 is 31.5 Å². The summed E-state index contributed by atoms with van der Waals surface area (Å²) in [4.78, 5) is 14.6. The average molecular weight is 478 g/mol. The highest BCUT2D eigenvalue weighted by Crippen LogP contribution is 2.32. The Morgan fingerprint density at radius 3 is 2.48 bits per heavy atom. The van der Waals surface area contributed by atoms with Crippen LogP contribution in [0.25, 0.3) is 22.2 Å². The first-order valence-corrected chi connectivity index (χ1v) is 11.8. The van der Waals surface area contributed by atoms with Gasteiger partial charge in [-0.15, -0.1) is 0 Å². The molecule has 0 spiro atoms. The minimum Gasteiger partial charge on any atom is -0.481 e. The number of aryl methyl sites for hydroxylation is 2. The molecule has 0 saturated carbocycles. The lowest BCUT2D eigenvalue weighted by atomic mass is 10.0. The zero-order valence-electron chi connectivity index (χ0n) is 17.7. The molecule has 2 heterocycles. The van der Waals surface area contributed by atoms with E-state index in [-0.39, 0.29) is 38.0 Å². The Morgan fingerprint density at radius 2 is 1.88 bits per heavy atom. The summed E-state index contributed by atoms with van der Waals surface area (Å²) in [5, 5.41) is 9.63. The van der Waals surface area contributed by atoms with E-state index in [1.807, 2.05) is 0 Å². The molecule has 2 aromatic carbocycles. The summed E-state index contributed by atoms with van der Waals surface area (Å²) < 4.78 is 69.7. The lowest BCUT2D eigenvalue weighted by molar-refractivity contribution is -0.136. The first-order valence-electron chi connectivity index (χ1n) is 10.3. The van der Waals surface area contributed by atoms with Crippen LogP contribution in [0.15, 0.2) is 41.3 Å². The Bertz CT molecular complexity index is 1340. The number of benzene rings is 2. The Labute approximate surface area is 188 Å². The molecule has 1 atom stereocenters. The van der Waals surface area contributed by atoms with Gasteiger partial charge in [0.1, 0.15) is 17.8 Å². The minimum atomic E-state index is -4.23. The Morgan fingerprint density at radius 1 is 1.18 bits per heavy atom. The third-order valence-electron chi connectivity index (χ3n) is 5.71. The molecule has 0 aliphatic carbocycles. The maximum absolute atomic E-state index is 15.0. The fourth-order valence-electron chi connectivity index (χ4n) is 3.98. The Hall–Kier alpha value is -2.98. The maximum Gasteiger partial charge on any atom is 0.303 e. The Kier molecular flexibility index (Phi) is 6.15. The largest absolute Gasteiger partial charge is 0.481 e.